The van der Waals surface area contributed by atoms with E-state index in [1.807, 2.05) is 11.4 Å². The van der Waals surface area contributed by atoms with Crippen molar-refractivity contribution in [2.24, 2.45) is 0 Å². The number of nitrogens with two attached hydrogens (primary N) is 1. The zero-order chi connectivity index (χ0) is 11.7. The van der Waals surface area contributed by atoms with E-state index in [-0.39, 0.29) is 0 Å². The molecule has 1 heterocycles. The van der Waals surface area contributed by atoms with E-state index in [9.17, 15) is 0 Å². The maximum atomic E-state index is 5.63. The van der Waals surface area contributed by atoms with E-state index in [0.29, 0.717) is 5.82 Å². The Bertz CT molecular complexity index is 520. The highest BCUT2D eigenvalue weighted by Crippen LogP contribution is 2.34. The number of benzene rings is 1. The van der Waals surface area contributed by atoms with Gasteiger partial charge in [0.05, 0.1) is 12.7 Å². The third kappa shape index (κ3) is 1.88. The summed E-state index contributed by atoms with van der Waals surface area (Å²) in [6, 6.07) is 4.12. The van der Waals surface area contributed by atoms with Crippen LogP contribution < -0.4 is 10.5 Å². The highest BCUT2D eigenvalue weighted by Gasteiger charge is 2.11. The molecule has 0 unspecified atom stereocenters. The summed E-state index contributed by atoms with van der Waals surface area (Å²) in [4.78, 5) is 4.28. The van der Waals surface area contributed by atoms with Gasteiger partial charge in [0.15, 0.2) is 0 Å². The molecule has 0 saturated heterocycles. The molecule has 2 N–H and O–H groups in total. The quantitative estimate of drug-likeness (QED) is 0.869. The highest BCUT2D eigenvalue weighted by molar-refractivity contribution is 7.13. The Hall–Kier alpha value is -1.55. The Morgan fingerprint density at radius 2 is 1.94 bits per heavy atom. The number of rotatable bonds is 2. The zero-order valence-electron chi connectivity index (χ0n) is 9.57. The van der Waals surface area contributed by atoms with Crippen LogP contribution in [0.3, 0.4) is 0 Å². The molecule has 0 aliphatic heterocycles. The first-order chi connectivity index (χ1) is 7.61. The molecule has 0 fully saturated rings. The maximum Gasteiger partial charge on any atom is 0.135 e. The van der Waals surface area contributed by atoms with Crippen molar-refractivity contribution < 1.29 is 4.74 Å². The Morgan fingerprint density at radius 3 is 2.50 bits per heavy atom. The summed E-state index contributed by atoms with van der Waals surface area (Å²) < 4.78 is 5.37. The highest BCUT2D eigenvalue weighted by atomic mass is 32.1. The summed E-state index contributed by atoms with van der Waals surface area (Å²) in [5.74, 6) is 1.40. The second-order valence-electron chi connectivity index (χ2n) is 3.71. The van der Waals surface area contributed by atoms with Crippen LogP contribution in [0.15, 0.2) is 17.5 Å². The maximum absolute atomic E-state index is 5.63. The lowest BCUT2D eigenvalue weighted by Gasteiger charge is -2.09. The van der Waals surface area contributed by atoms with Crippen LogP contribution in [0.4, 0.5) is 5.82 Å². The molecular formula is C12H14N2OS. The minimum absolute atomic E-state index is 0.556. The Balaban J connectivity index is 2.59. The van der Waals surface area contributed by atoms with Gasteiger partial charge in [0.25, 0.3) is 0 Å². The molecule has 1 aromatic carbocycles. The largest absolute Gasteiger partial charge is 0.496 e. The third-order valence-corrected chi connectivity index (χ3v) is 3.46. The van der Waals surface area contributed by atoms with Crippen LogP contribution in [0.2, 0.25) is 0 Å². The summed E-state index contributed by atoms with van der Waals surface area (Å²) in [5, 5.41) is 2.74. The van der Waals surface area contributed by atoms with Crippen molar-refractivity contribution in [2.75, 3.05) is 12.8 Å². The molecule has 0 amide bonds. The zero-order valence-corrected chi connectivity index (χ0v) is 10.4. The number of anilines is 1. The van der Waals surface area contributed by atoms with Gasteiger partial charge in [-0.2, -0.15) is 0 Å². The van der Waals surface area contributed by atoms with E-state index < -0.39 is 0 Å². The number of nitrogens with zero attached hydrogens (tertiary/aromatic N) is 1. The van der Waals surface area contributed by atoms with E-state index >= 15 is 0 Å². The minimum atomic E-state index is 0.556. The number of nitrogen functional groups attached to an aromatic ring is 1. The second kappa shape index (κ2) is 4.14. The fourth-order valence-electron chi connectivity index (χ4n) is 1.54. The molecule has 16 heavy (non-hydrogen) atoms. The summed E-state index contributed by atoms with van der Waals surface area (Å²) in [6.07, 6.45) is 0. The van der Waals surface area contributed by atoms with Gasteiger partial charge in [-0.05, 0) is 37.1 Å². The SMILES string of the molecule is COc1cc(C)c(C)cc1-c1nc(N)cs1. The van der Waals surface area contributed by atoms with Crippen LogP contribution in [0, 0.1) is 13.8 Å². The standard InChI is InChI=1S/C12H14N2OS/c1-7-4-9(10(15-3)5-8(7)2)12-14-11(13)6-16-12/h4-6H,13H2,1-3H3. The molecule has 0 aliphatic carbocycles. The average molecular weight is 234 g/mol. The van der Waals surface area contributed by atoms with Crippen LogP contribution >= 0.6 is 11.3 Å². The van der Waals surface area contributed by atoms with Gasteiger partial charge in [0.2, 0.25) is 0 Å². The Morgan fingerprint density at radius 1 is 1.25 bits per heavy atom. The monoisotopic (exact) mass is 234 g/mol. The molecule has 0 aliphatic rings. The fourth-order valence-corrected chi connectivity index (χ4v) is 2.27. The molecule has 2 aromatic rings. The molecule has 1 aromatic heterocycles. The normalized spacial score (nSPS) is 10.4. The topological polar surface area (TPSA) is 48.1 Å². The van der Waals surface area contributed by atoms with Gasteiger partial charge in [0, 0.05) is 5.38 Å². The first-order valence-electron chi connectivity index (χ1n) is 4.98. The van der Waals surface area contributed by atoms with Gasteiger partial charge in [-0.1, -0.05) is 0 Å². The second-order valence-corrected chi connectivity index (χ2v) is 4.57. The van der Waals surface area contributed by atoms with Gasteiger partial charge in [0.1, 0.15) is 16.6 Å². The first-order valence-corrected chi connectivity index (χ1v) is 5.86. The molecule has 2 rings (SSSR count). The van der Waals surface area contributed by atoms with Crippen molar-refractivity contribution in [1.82, 2.24) is 4.98 Å². The molecule has 3 nitrogen and oxygen atoms in total. The molecule has 84 valence electrons. The van der Waals surface area contributed by atoms with Gasteiger partial charge >= 0.3 is 0 Å². The smallest absolute Gasteiger partial charge is 0.135 e. The number of methoxy groups -OCH3 is 1. The number of aryl methyl sites for hydroxylation is 2. The van der Waals surface area contributed by atoms with Gasteiger partial charge in [-0.15, -0.1) is 11.3 Å². The Kier molecular flexibility index (Phi) is 2.83. The predicted molar refractivity (Wildman–Crippen MR) is 68.0 cm³/mol. The van der Waals surface area contributed by atoms with E-state index in [2.05, 4.69) is 24.9 Å². The number of thiazole rings is 1. The lowest BCUT2D eigenvalue weighted by atomic mass is 10.1. The third-order valence-electron chi connectivity index (χ3n) is 2.57. The van der Waals surface area contributed by atoms with Crippen LogP contribution in [0.25, 0.3) is 10.6 Å². The first kappa shape index (κ1) is 11.0. The lowest BCUT2D eigenvalue weighted by molar-refractivity contribution is 0.416. The van der Waals surface area contributed by atoms with Crippen molar-refractivity contribution in [3.05, 3.63) is 28.6 Å². The Labute approximate surface area is 98.9 Å². The summed E-state index contributed by atoms with van der Waals surface area (Å²) in [6.45, 7) is 4.15. The van der Waals surface area contributed by atoms with Crippen LogP contribution in [-0.4, -0.2) is 12.1 Å². The van der Waals surface area contributed by atoms with Crippen LogP contribution in [-0.2, 0) is 0 Å². The molecular weight excluding hydrogens is 220 g/mol. The molecule has 0 saturated carbocycles. The number of aromatic nitrogens is 1. The van der Waals surface area contributed by atoms with E-state index in [1.165, 1.54) is 22.5 Å². The van der Waals surface area contributed by atoms with Crippen LogP contribution in [0.5, 0.6) is 5.75 Å². The fraction of sp³-hybridized carbons (Fsp3) is 0.250. The molecule has 0 spiro atoms. The lowest BCUT2D eigenvalue weighted by Crippen LogP contribution is -1.92. The predicted octanol–water partition coefficient (Wildman–Crippen LogP) is 3.02. The summed E-state index contributed by atoms with van der Waals surface area (Å²) >= 11 is 1.53. The molecule has 4 heteroatoms. The van der Waals surface area contributed by atoms with Gasteiger partial charge in [-0.25, -0.2) is 4.98 Å². The number of hydrogen-bond acceptors (Lipinski definition) is 4. The van der Waals surface area contributed by atoms with Crippen molar-refractivity contribution in [2.45, 2.75) is 13.8 Å². The van der Waals surface area contributed by atoms with E-state index in [1.54, 1.807) is 7.11 Å². The molecule has 0 bridgehead atoms. The van der Waals surface area contributed by atoms with Gasteiger partial charge < -0.3 is 10.5 Å². The van der Waals surface area contributed by atoms with E-state index in [0.717, 1.165) is 16.3 Å². The van der Waals surface area contributed by atoms with Crippen LogP contribution in [0.1, 0.15) is 11.1 Å². The van der Waals surface area contributed by atoms with Crippen molar-refractivity contribution in [3.8, 4) is 16.3 Å². The van der Waals surface area contributed by atoms with Crippen molar-refractivity contribution in [3.63, 3.8) is 0 Å². The molecule has 0 atom stereocenters. The summed E-state index contributed by atoms with van der Waals surface area (Å²) in [7, 11) is 1.67. The van der Waals surface area contributed by atoms with E-state index in [4.69, 9.17) is 10.5 Å². The van der Waals surface area contributed by atoms with Crippen molar-refractivity contribution >= 4 is 17.2 Å². The molecule has 0 radical (unpaired) electrons. The average Bonchev–Trinajstić information content (AvgIpc) is 2.68. The number of ether oxygens (including phenoxy) is 1. The minimum Gasteiger partial charge on any atom is -0.496 e. The van der Waals surface area contributed by atoms with Crippen molar-refractivity contribution in [1.29, 1.82) is 0 Å². The summed E-state index contributed by atoms with van der Waals surface area (Å²) in [5.41, 5.74) is 9.08. The number of hydrogen-bond donors (Lipinski definition) is 1. The van der Waals surface area contributed by atoms with Gasteiger partial charge in [-0.3, -0.25) is 0 Å².